The number of hydrogen-bond acceptors (Lipinski definition) is 2. The maximum absolute atomic E-state index is 6.00. The average molecular weight is 413 g/mol. The van der Waals surface area contributed by atoms with E-state index in [0.29, 0.717) is 5.92 Å². The van der Waals surface area contributed by atoms with Crippen LogP contribution >= 0.6 is 0 Å². The predicted molar refractivity (Wildman–Crippen MR) is 135 cm³/mol. The summed E-state index contributed by atoms with van der Waals surface area (Å²) in [5.41, 5.74) is 18.3. The number of fused-ring (bicyclic) bond motifs is 1. The van der Waals surface area contributed by atoms with Gasteiger partial charge in [-0.15, -0.1) is 0 Å². The normalized spacial score (nSPS) is 18.4. The minimum Gasteiger partial charge on any atom is -0.399 e. The molecule has 0 aliphatic heterocycles. The molecule has 31 heavy (non-hydrogen) atoms. The van der Waals surface area contributed by atoms with Gasteiger partial charge in [0.05, 0.1) is 0 Å². The molecule has 2 aliphatic rings. The number of aryl methyl sites for hydroxylation is 1. The lowest BCUT2D eigenvalue weighted by Gasteiger charge is -2.25. The number of nitrogens with one attached hydrogen (secondary N) is 1. The topological polar surface area (TPSA) is 38.0 Å². The molecule has 0 amide bonds. The third-order valence-corrected chi connectivity index (χ3v) is 6.93. The standard InChI is InChI=1S/C29H36N2/c1-4-5-19-31-25-16-12-23(13-17-25)29-27(22-10-14-24(30)15-11-22)8-6-7-26-21(3)20(2)9-18-28(26)29/h9-12,14-18,23,31H,4-8,13,19,30H2,1-3H3. The van der Waals surface area contributed by atoms with Crippen LogP contribution in [0, 0.1) is 19.8 Å². The summed E-state index contributed by atoms with van der Waals surface area (Å²) in [6.07, 6.45) is 14.0. The summed E-state index contributed by atoms with van der Waals surface area (Å²) in [5.74, 6) is 0.406. The molecule has 2 aromatic rings. The van der Waals surface area contributed by atoms with Gasteiger partial charge in [0.15, 0.2) is 0 Å². The minimum atomic E-state index is 0.406. The van der Waals surface area contributed by atoms with E-state index < -0.39 is 0 Å². The van der Waals surface area contributed by atoms with Gasteiger partial charge >= 0.3 is 0 Å². The second-order valence-electron chi connectivity index (χ2n) is 9.04. The molecular formula is C29H36N2. The first-order chi connectivity index (χ1) is 15.1. The first kappa shape index (κ1) is 21.5. The van der Waals surface area contributed by atoms with E-state index in [1.807, 2.05) is 12.1 Å². The van der Waals surface area contributed by atoms with Gasteiger partial charge in [-0.3, -0.25) is 0 Å². The van der Waals surface area contributed by atoms with E-state index in [4.69, 9.17) is 5.73 Å². The van der Waals surface area contributed by atoms with Crippen molar-refractivity contribution >= 4 is 16.8 Å². The lowest BCUT2D eigenvalue weighted by Crippen LogP contribution is -2.16. The summed E-state index contributed by atoms with van der Waals surface area (Å²) in [7, 11) is 0. The van der Waals surface area contributed by atoms with Gasteiger partial charge in [0.2, 0.25) is 0 Å². The Balaban J connectivity index is 1.77. The molecule has 2 nitrogen and oxygen atoms in total. The Labute approximate surface area is 188 Å². The number of nitrogen functional groups attached to an aromatic ring is 1. The van der Waals surface area contributed by atoms with E-state index >= 15 is 0 Å². The highest BCUT2D eigenvalue weighted by atomic mass is 14.9. The van der Waals surface area contributed by atoms with Crippen molar-refractivity contribution in [2.75, 3.05) is 12.3 Å². The second kappa shape index (κ2) is 9.60. The molecule has 4 rings (SSSR count). The lowest BCUT2D eigenvalue weighted by molar-refractivity contribution is 0.706. The highest BCUT2D eigenvalue weighted by molar-refractivity contribution is 5.94. The van der Waals surface area contributed by atoms with E-state index in [1.54, 1.807) is 5.56 Å². The molecular weight excluding hydrogens is 376 g/mol. The number of unbranched alkanes of at least 4 members (excludes halogenated alkanes) is 1. The van der Waals surface area contributed by atoms with Crippen molar-refractivity contribution in [3.8, 4) is 0 Å². The maximum atomic E-state index is 6.00. The number of anilines is 1. The zero-order chi connectivity index (χ0) is 21.8. The molecule has 0 saturated carbocycles. The molecule has 2 aromatic carbocycles. The molecule has 0 fully saturated rings. The van der Waals surface area contributed by atoms with Crippen LogP contribution in [-0.2, 0) is 6.42 Å². The Morgan fingerprint density at radius 2 is 1.84 bits per heavy atom. The first-order valence-corrected chi connectivity index (χ1v) is 11.9. The third-order valence-electron chi connectivity index (χ3n) is 6.93. The summed E-state index contributed by atoms with van der Waals surface area (Å²) in [6.45, 7) is 7.83. The molecule has 0 spiro atoms. The SMILES string of the molecule is CCCCNC1=CCC(C2=C(c3ccc(N)cc3)CCCc3c2ccc(C)c3C)C=C1. The Morgan fingerprint density at radius 3 is 2.55 bits per heavy atom. The van der Waals surface area contributed by atoms with E-state index in [2.05, 4.69) is 68.6 Å². The van der Waals surface area contributed by atoms with Gasteiger partial charge in [-0.05, 0) is 103 Å². The highest BCUT2D eigenvalue weighted by Crippen LogP contribution is 2.43. The molecule has 0 aromatic heterocycles. The van der Waals surface area contributed by atoms with Gasteiger partial charge in [0, 0.05) is 23.8 Å². The van der Waals surface area contributed by atoms with Crippen molar-refractivity contribution < 1.29 is 0 Å². The van der Waals surface area contributed by atoms with Gasteiger partial charge in [-0.2, -0.15) is 0 Å². The molecule has 3 N–H and O–H groups in total. The fourth-order valence-corrected chi connectivity index (χ4v) is 4.97. The summed E-state index contributed by atoms with van der Waals surface area (Å²) in [5, 5.41) is 3.59. The van der Waals surface area contributed by atoms with E-state index in [0.717, 1.165) is 31.5 Å². The number of benzene rings is 2. The Kier molecular flexibility index (Phi) is 6.65. The van der Waals surface area contributed by atoms with Crippen LogP contribution in [-0.4, -0.2) is 6.54 Å². The van der Waals surface area contributed by atoms with E-state index in [1.165, 1.54) is 58.4 Å². The molecule has 1 atom stereocenters. The maximum Gasteiger partial charge on any atom is 0.0314 e. The first-order valence-electron chi connectivity index (χ1n) is 11.9. The van der Waals surface area contributed by atoms with Gasteiger partial charge in [0.1, 0.15) is 0 Å². The largest absolute Gasteiger partial charge is 0.399 e. The summed E-state index contributed by atoms with van der Waals surface area (Å²) >= 11 is 0. The zero-order valence-corrected chi connectivity index (χ0v) is 19.3. The average Bonchev–Trinajstić information content (AvgIpc) is 2.98. The van der Waals surface area contributed by atoms with Crippen LogP contribution < -0.4 is 11.1 Å². The van der Waals surface area contributed by atoms with Crippen LogP contribution in [0.5, 0.6) is 0 Å². The molecule has 0 saturated heterocycles. The van der Waals surface area contributed by atoms with Crippen molar-refractivity contribution in [3.63, 3.8) is 0 Å². The summed E-state index contributed by atoms with van der Waals surface area (Å²) < 4.78 is 0. The smallest absolute Gasteiger partial charge is 0.0314 e. The van der Waals surface area contributed by atoms with Gasteiger partial charge < -0.3 is 11.1 Å². The zero-order valence-electron chi connectivity index (χ0n) is 19.3. The monoisotopic (exact) mass is 412 g/mol. The van der Waals surface area contributed by atoms with Crippen molar-refractivity contribution in [2.24, 2.45) is 5.92 Å². The minimum absolute atomic E-state index is 0.406. The predicted octanol–water partition coefficient (Wildman–Crippen LogP) is 6.98. The Morgan fingerprint density at radius 1 is 1.03 bits per heavy atom. The van der Waals surface area contributed by atoms with Gasteiger partial charge in [0.25, 0.3) is 0 Å². The van der Waals surface area contributed by atoms with Crippen LogP contribution in [0.1, 0.15) is 66.8 Å². The highest BCUT2D eigenvalue weighted by Gasteiger charge is 2.25. The fourth-order valence-electron chi connectivity index (χ4n) is 4.97. The molecule has 0 bridgehead atoms. The summed E-state index contributed by atoms with van der Waals surface area (Å²) in [6, 6.07) is 13.2. The van der Waals surface area contributed by atoms with Crippen LogP contribution in [0.15, 0.2) is 60.3 Å². The fraction of sp³-hybridized carbons (Fsp3) is 0.379. The van der Waals surface area contributed by atoms with Gasteiger partial charge in [-0.25, -0.2) is 0 Å². The molecule has 162 valence electrons. The van der Waals surface area contributed by atoms with Crippen LogP contribution in [0.4, 0.5) is 5.69 Å². The number of nitrogens with two attached hydrogens (primary N) is 1. The number of rotatable bonds is 6. The molecule has 0 radical (unpaired) electrons. The molecule has 2 heteroatoms. The van der Waals surface area contributed by atoms with Crippen molar-refractivity contribution in [1.29, 1.82) is 0 Å². The lowest BCUT2D eigenvalue weighted by atomic mass is 9.80. The molecule has 0 heterocycles. The van der Waals surface area contributed by atoms with E-state index in [9.17, 15) is 0 Å². The van der Waals surface area contributed by atoms with Gasteiger partial charge in [-0.1, -0.05) is 49.8 Å². The van der Waals surface area contributed by atoms with Crippen LogP contribution in [0.3, 0.4) is 0 Å². The van der Waals surface area contributed by atoms with E-state index in [-0.39, 0.29) is 0 Å². The third kappa shape index (κ3) is 4.63. The summed E-state index contributed by atoms with van der Waals surface area (Å²) in [4.78, 5) is 0. The second-order valence-corrected chi connectivity index (χ2v) is 9.04. The number of allylic oxidation sites excluding steroid dienone is 5. The van der Waals surface area contributed by atoms with Crippen molar-refractivity contribution in [3.05, 3.63) is 88.1 Å². The van der Waals surface area contributed by atoms with Crippen molar-refractivity contribution in [2.45, 2.75) is 59.3 Å². The Bertz CT molecular complexity index is 1020. The van der Waals surface area contributed by atoms with Crippen LogP contribution in [0.25, 0.3) is 11.1 Å². The van der Waals surface area contributed by atoms with Crippen molar-refractivity contribution in [1.82, 2.24) is 5.32 Å². The number of hydrogen-bond donors (Lipinski definition) is 2. The Hall–Kier alpha value is -2.74. The quantitative estimate of drug-likeness (QED) is 0.397. The molecule has 1 unspecified atom stereocenters. The molecule has 2 aliphatic carbocycles. The van der Waals surface area contributed by atoms with Crippen LogP contribution in [0.2, 0.25) is 0 Å².